The van der Waals surface area contributed by atoms with Crippen molar-refractivity contribution in [3.63, 3.8) is 0 Å². The maximum atomic E-state index is 13.1. The monoisotopic (exact) mass is 427 g/mol. The van der Waals surface area contributed by atoms with E-state index in [2.05, 4.69) is 15.4 Å². The zero-order valence-corrected chi connectivity index (χ0v) is 16.4. The molecule has 3 aromatic heterocycles. The van der Waals surface area contributed by atoms with Crippen molar-refractivity contribution in [1.29, 1.82) is 0 Å². The molecule has 2 amide bonds. The first kappa shape index (κ1) is 20.2. The number of nitrogens with zero attached hydrogens (tertiary/aromatic N) is 3. The van der Waals surface area contributed by atoms with Crippen molar-refractivity contribution in [2.24, 2.45) is 5.73 Å². The van der Waals surface area contributed by atoms with Gasteiger partial charge in [-0.3, -0.25) is 14.3 Å². The smallest absolute Gasteiger partial charge is 0.280 e. The highest BCUT2D eigenvalue weighted by Gasteiger charge is 2.26. The van der Waals surface area contributed by atoms with Gasteiger partial charge in [0.25, 0.3) is 12.3 Å². The number of carbonyl (C=O) groups is 2. The van der Waals surface area contributed by atoms with E-state index in [4.69, 9.17) is 17.3 Å². The molecule has 148 valence electrons. The van der Waals surface area contributed by atoms with Crippen molar-refractivity contribution in [3.05, 3.63) is 39.6 Å². The van der Waals surface area contributed by atoms with Crippen molar-refractivity contribution < 1.29 is 18.4 Å². The van der Waals surface area contributed by atoms with Crippen LogP contribution in [0.5, 0.6) is 0 Å². The lowest BCUT2D eigenvalue weighted by atomic mass is 10.1. The van der Waals surface area contributed by atoms with E-state index < -0.39 is 30.0 Å². The predicted octanol–water partition coefficient (Wildman–Crippen LogP) is 4.08. The van der Waals surface area contributed by atoms with E-state index in [1.807, 2.05) is 0 Å². The number of aryl methyl sites for hydroxylation is 1. The Morgan fingerprint density at radius 2 is 2.14 bits per heavy atom. The number of anilines is 1. The number of nitrogens with two attached hydrogens (primary N) is 1. The molecule has 3 heterocycles. The Kier molecular flexibility index (Phi) is 5.61. The van der Waals surface area contributed by atoms with Gasteiger partial charge in [0, 0.05) is 11.6 Å². The number of aromatic nitrogens is 3. The van der Waals surface area contributed by atoms with E-state index in [9.17, 15) is 18.4 Å². The Balaban J connectivity index is 2.07. The molecule has 7 nitrogen and oxygen atoms in total. The first-order valence-electron chi connectivity index (χ1n) is 8.25. The number of carbonyl (C=O) groups excluding carboxylic acids is 2. The van der Waals surface area contributed by atoms with Crippen LogP contribution in [-0.4, -0.2) is 26.6 Å². The second kappa shape index (κ2) is 7.80. The molecule has 0 radical (unpaired) electrons. The molecule has 28 heavy (non-hydrogen) atoms. The van der Waals surface area contributed by atoms with Crippen LogP contribution >= 0.6 is 22.9 Å². The summed E-state index contributed by atoms with van der Waals surface area (Å²) in [5, 5.41) is 7.53. The third kappa shape index (κ3) is 3.69. The molecule has 0 spiro atoms. The highest BCUT2D eigenvalue weighted by atomic mass is 35.5. The Bertz CT molecular complexity index is 1070. The average Bonchev–Trinajstić information content (AvgIpc) is 3.20. The second-order valence-electron chi connectivity index (χ2n) is 6.07. The van der Waals surface area contributed by atoms with Gasteiger partial charge in [0.05, 0.1) is 16.9 Å². The van der Waals surface area contributed by atoms with E-state index in [0.29, 0.717) is 22.4 Å². The Morgan fingerprint density at radius 1 is 1.43 bits per heavy atom. The first-order valence-corrected chi connectivity index (χ1v) is 9.44. The van der Waals surface area contributed by atoms with Gasteiger partial charge in [0.1, 0.15) is 21.4 Å². The molecular formula is C17H16ClF2N5O2S. The Labute approximate surface area is 167 Å². The van der Waals surface area contributed by atoms with Gasteiger partial charge in [0.15, 0.2) is 0 Å². The van der Waals surface area contributed by atoms with Crippen LogP contribution < -0.4 is 11.1 Å². The molecule has 3 aromatic rings. The van der Waals surface area contributed by atoms with Crippen molar-refractivity contribution in [3.8, 4) is 0 Å². The van der Waals surface area contributed by atoms with Gasteiger partial charge in [-0.1, -0.05) is 18.5 Å². The number of hydrogen-bond donors (Lipinski definition) is 2. The number of pyridine rings is 1. The first-order chi connectivity index (χ1) is 13.2. The van der Waals surface area contributed by atoms with E-state index in [1.54, 1.807) is 13.8 Å². The van der Waals surface area contributed by atoms with Gasteiger partial charge >= 0.3 is 0 Å². The van der Waals surface area contributed by atoms with E-state index >= 15 is 0 Å². The molecule has 1 atom stereocenters. The number of thiophene rings is 1. The molecule has 0 aliphatic rings. The summed E-state index contributed by atoms with van der Waals surface area (Å²) in [4.78, 5) is 28.9. The van der Waals surface area contributed by atoms with Crippen molar-refractivity contribution in [1.82, 2.24) is 14.8 Å². The minimum Gasteiger partial charge on any atom is -0.365 e. The normalized spacial score (nSPS) is 12.5. The Hall–Kier alpha value is -2.59. The lowest BCUT2D eigenvalue weighted by Crippen LogP contribution is -2.27. The molecule has 3 rings (SSSR count). The van der Waals surface area contributed by atoms with Crippen LogP contribution in [0.1, 0.15) is 46.7 Å². The summed E-state index contributed by atoms with van der Waals surface area (Å²) in [7, 11) is 0. The molecule has 11 heteroatoms. The van der Waals surface area contributed by atoms with Gasteiger partial charge in [0.2, 0.25) is 5.91 Å². The lowest BCUT2D eigenvalue weighted by molar-refractivity contribution is -0.119. The maximum absolute atomic E-state index is 13.1. The summed E-state index contributed by atoms with van der Waals surface area (Å²) in [6.07, 6.45) is 0.573. The van der Waals surface area contributed by atoms with Gasteiger partial charge in [-0.2, -0.15) is 5.10 Å². The molecule has 0 saturated heterocycles. The Morgan fingerprint density at radius 3 is 2.68 bits per heavy atom. The SMILES string of the molecule is CCC(C(=O)Nc1c(C(N)=O)sc2nc(C(F)F)cc(C)c12)n1cc(Cl)cn1. The summed E-state index contributed by atoms with van der Waals surface area (Å²) in [5.74, 6) is -1.23. The molecule has 3 N–H and O–H groups in total. The summed E-state index contributed by atoms with van der Waals surface area (Å²) >= 11 is 6.73. The molecule has 0 aliphatic carbocycles. The van der Waals surface area contributed by atoms with Crippen molar-refractivity contribution in [2.45, 2.75) is 32.7 Å². The number of fused-ring (bicyclic) bond motifs is 1. The fourth-order valence-electron chi connectivity index (χ4n) is 2.90. The largest absolute Gasteiger partial charge is 0.365 e. The second-order valence-corrected chi connectivity index (χ2v) is 7.50. The standard InChI is InChI=1S/C17H16ClF2N5O2S/c1-3-10(25-6-8(18)5-22-25)16(27)24-12-11-7(2)4-9(14(19)20)23-17(11)28-13(12)15(21)26/h4-6,10,14H,3H2,1-2H3,(H2,21,26)(H,24,27). The van der Waals surface area contributed by atoms with E-state index in [-0.39, 0.29) is 15.4 Å². The van der Waals surface area contributed by atoms with Crippen LogP contribution in [-0.2, 0) is 4.79 Å². The number of primary amides is 1. The topological polar surface area (TPSA) is 103 Å². The zero-order chi connectivity index (χ0) is 20.6. The predicted molar refractivity (Wildman–Crippen MR) is 103 cm³/mol. The molecule has 1 unspecified atom stereocenters. The summed E-state index contributed by atoms with van der Waals surface area (Å²) in [5.41, 5.74) is 5.65. The van der Waals surface area contributed by atoms with E-state index in [0.717, 1.165) is 11.3 Å². The van der Waals surface area contributed by atoms with Crippen molar-refractivity contribution >= 4 is 50.7 Å². The zero-order valence-electron chi connectivity index (χ0n) is 14.9. The van der Waals surface area contributed by atoms with Crippen LogP contribution in [0.15, 0.2) is 18.5 Å². The van der Waals surface area contributed by atoms with Crippen LogP contribution in [0.2, 0.25) is 5.02 Å². The fourth-order valence-corrected chi connectivity index (χ4v) is 4.11. The number of halogens is 3. The number of nitrogens with one attached hydrogen (secondary N) is 1. The third-order valence-electron chi connectivity index (χ3n) is 4.15. The lowest BCUT2D eigenvalue weighted by Gasteiger charge is -2.16. The van der Waals surface area contributed by atoms with Gasteiger partial charge in [-0.15, -0.1) is 11.3 Å². The summed E-state index contributed by atoms with van der Waals surface area (Å²) in [6.45, 7) is 3.40. The van der Waals surface area contributed by atoms with Crippen LogP contribution in [0.4, 0.5) is 14.5 Å². The van der Waals surface area contributed by atoms with Gasteiger partial charge in [-0.25, -0.2) is 13.8 Å². The molecule has 0 fully saturated rings. The maximum Gasteiger partial charge on any atom is 0.280 e. The number of amides is 2. The number of rotatable bonds is 6. The van der Waals surface area contributed by atoms with Gasteiger partial charge < -0.3 is 11.1 Å². The minimum atomic E-state index is -2.76. The van der Waals surface area contributed by atoms with Crippen molar-refractivity contribution in [2.75, 3.05) is 5.32 Å². The van der Waals surface area contributed by atoms with Crippen LogP contribution in [0, 0.1) is 6.92 Å². The summed E-state index contributed by atoms with van der Waals surface area (Å²) in [6, 6.07) is 0.543. The van der Waals surface area contributed by atoms with E-state index in [1.165, 1.54) is 23.1 Å². The van der Waals surface area contributed by atoms with Crippen LogP contribution in [0.25, 0.3) is 10.2 Å². The number of alkyl halides is 2. The molecular weight excluding hydrogens is 412 g/mol. The fraction of sp³-hybridized carbons (Fsp3) is 0.294. The quantitative estimate of drug-likeness (QED) is 0.618. The minimum absolute atomic E-state index is 0.0405. The molecule has 0 aromatic carbocycles. The van der Waals surface area contributed by atoms with Crippen LogP contribution in [0.3, 0.4) is 0 Å². The van der Waals surface area contributed by atoms with Gasteiger partial charge in [-0.05, 0) is 25.0 Å². The third-order valence-corrected chi connectivity index (χ3v) is 5.45. The average molecular weight is 428 g/mol. The molecule has 0 saturated carbocycles. The highest BCUT2D eigenvalue weighted by Crippen LogP contribution is 2.38. The molecule has 0 bridgehead atoms. The highest BCUT2D eigenvalue weighted by molar-refractivity contribution is 7.21. The number of hydrogen-bond acceptors (Lipinski definition) is 5. The molecule has 0 aliphatic heterocycles. The summed E-state index contributed by atoms with van der Waals surface area (Å²) < 4.78 is 27.5.